The molecule has 4 fully saturated rings. The summed E-state index contributed by atoms with van der Waals surface area (Å²) in [6.45, 7) is 5.96. The predicted molar refractivity (Wildman–Crippen MR) is 107 cm³/mol. The Morgan fingerprint density at radius 3 is 2.52 bits per heavy atom. The van der Waals surface area contributed by atoms with Crippen molar-refractivity contribution in [3.63, 3.8) is 0 Å². The summed E-state index contributed by atoms with van der Waals surface area (Å²) in [6, 6.07) is 0. The van der Waals surface area contributed by atoms with Gasteiger partial charge in [-0.25, -0.2) is 4.79 Å². The molecule has 5 nitrogen and oxygen atoms in total. The minimum Gasteiger partial charge on any atom is -0.472 e. The highest BCUT2D eigenvalue weighted by molar-refractivity contribution is 5.86. The van der Waals surface area contributed by atoms with Gasteiger partial charge >= 0.3 is 5.97 Å². The van der Waals surface area contributed by atoms with E-state index in [1.807, 2.05) is 0 Å². The second-order valence-corrected chi connectivity index (χ2v) is 10.4. The normalized spacial score (nSPS) is 47.4. The van der Waals surface area contributed by atoms with Crippen LogP contribution in [0.3, 0.4) is 0 Å². The number of aliphatic hydroxyl groups is 1. The molecule has 3 saturated carbocycles. The van der Waals surface area contributed by atoms with E-state index in [-0.39, 0.29) is 10.8 Å². The topological polar surface area (TPSA) is 76.0 Å². The molecule has 3 unspecified atom stereocenters. The van der Waals surface area contributed by atoms with Gasteiger partial charge in [0.25, 0.3) is 0 Å². The highest BCUT2D eigenvalue weighted by atomic mass is 16.7. The Kier molecular flexibility index (Phi) is 4.28. The van der Waals surface area contributed by atoms with Crippen molar-refractivity contribution in [3.05, 3.63) is 11.6 Å². The first-order valence-corrected chi connectivity index (χ1v) is 11.2. The summed E-state index contributed by atoms with van der Waals surface area (Å²) in [5, 5.41) is 20.3. The van der Waals surface area contributed by atoms with Crippen molar-refractivity contribution in [1.82, 2.24) is 0 Å². The number of hydrogen-bond donors (Lipinski definition) is 2. The van der Waals surface area contributed by atoms with E-state index < -0.39 is 17.4 Å². The van der Waals surface area contributed by atoms with Crippen molar-refractivity contribution < 1.29 is 24.5 Å². The molecule has 1 aliphatic heterocycles. The Morgan fingerprint density at radius 2 is 1.79 bits per heavy atom. The van der Waals surface area contributed by atoms with E-state index in [9.17, 15) is 9.90 Å². The van der Waals surface area contributed by atoms with E-state index in [1.165, 1.54) is 5.57 Å². The summed E-state index contributed by atoms with van der Waals surface area (Å²) in [7, 11) is 0. The molecular formula is C24H32O5. The second-order valence-electron chi connectivity index (χ2n) is 10.4. The van der Waals surface area contributed by atoms with Crippen LogP contribution in [-0.2, 0) is 14.3 Å². The van der Waals surface area contributed by atoms with Crippen molar-refractivity contribution in [3.8, 4) is 11.8 Å². The number of fused-ring (bicyclic) bond motifs is 5. The summed E-state index contributed by atoms with van der Waals surface area (Å²) in [6.07, 6.45) is 10.0. The largest absolute Gasteiger partial charge is 0.472 e. The lowest BCUT2D eigenvalue weighted by Crippen LogP contribution is -2.55. The van der Waals surface area contributed by atoms with Gasteiger partial charge in [-0.15, -0.1) is 0 Å². The quantitative estimate of drug-likeness (QED) is 0.481. The summed E-state index contributed by atoms with van der Waals surface area (Å²) in [5.74, 6) is 4.91. The second kappa shape index (κ2) is 6.33. The van der Waals surface area contributed by atoms with E-state index in [2.05, 4.69) is 31.8 Å². The fraction of sp³-hybridized carbons (Fsp3) is 0.792. The molecule has 5 aliphatic rings. The lowest BCUT2D eigenvalue weighted by molar-refractivity contribution is -0.148. The lowest BCUT2D eigenvalue weighted by Gasteiger charge is -2.59. The first-order valence-electron chi connectivity index (χ1n) is 11.2. The maximum atomic E-state index is 11.3. The Balaban J connectivity index is 1.44. The molecule has 2 N–H and O–H groups in total. The smallest absolute Gasteiger partial charge is 0.382 e. The number of allylic oxidation sites excluding steroid dienone is 1. The number of aliphatic carboxylic acids is 1. The molecule has 1 saturated heterocycles. The zero-order valence-corrected chi connectivity index (χ0v) is 17.5. The van der Waals surface area contributed by atoms with Gasteiger partial charge in [0.15, 0.2) is 5.79 Å². The van der Waals surface area contributed by atoms with Crippen molar-refractivity contribution >= 4 is 5.97 Å². The number of carboxylic acid groups (broad SMARTS) is 1. The number of rotatable bonds is 0. The molecule has 0 aromatic carbocycles. The third-order valence-corrected chi connectivity index (χ3v) is 9.43. The number of hydrogen-bond acceptors (Lipinski definition) is 4. The van der Waals surface area contributed by atoms with Crippen LogP contribution in [0.15, 0.2) is 11.6 Å². The first-order chi connectivity index (χ1) is 13.7. The Bertz CT molecular complexity index is 815. The fourth-order valence-corrected chi connectivity index (χ4v) is 7.76. The molecule has 0 bridgehead atoms. The van der Waals surface area contributed by atoms with Gasteiger partial charge in [-0.2, -0.15) is 0 Å². The van der Waals surface area contributed by atoms with E-state index in [0.29, 0.717) is 37.4 Å². The summed E-state index contributed by atoms with van der Waals surface area (Å²) in [5.41, 5.74) is 0.189. The molecule has 0 aromatic heterocycles. The van der Waals surface area contributed by atoms with Crippen molar-refractivity contribution in [2.75, 3.05) is 13.2 Å². The van der Waals surface area contributed by atoms with Crippen LogP contribution in [-0.4, -0.2) is 40.8 Å². The van der Waals surface area contributed by atoms with Crippen LogP contribution in [0.2, 0.25) is 0 Å². The summed E-state index contributed by atoms with van der Waals surface area (Å²) in [4.78, 5) is 11.0. The van der Waals surface area contributed by atoms with E-state index in [4.69, 9.17) is 14.6 Å². The molecular weight excluding hydrogens is 368 g/mol. The minimum absolute atomic E-state index is 0.179. The predicted octanol–water partition coefficient (Wildman–Crippen LogP) is 3.51. The third-order valence-electron chi connectivity index (χ3n) is 9.43. The SMILES string of the molecule is C[C@]12CCC3(C=C1CCC1C2CC[C@@]2(C)C1CC[C@@]2(O)C#CC(=O)O)OCCO3. The van der Waals surface area contributed by atoms with Crippen LogP contribution in [0.4, 0.5) is 0 Å². The van der Waals surface area contributed by atoms with Crippen LogP contribution in [0.5, 0.6) is 0 Å². The molecule has 4 aliphatic carbocycles. The minimum atomic E-state index is -1.18. The molecule has 0 radical (unpaired) electrons. The molecule has 0 amide bonds. The van der Waals surface area contributed by atoms with Crippen LogP contribution in [0.1, 0.15) is 65.2 Å². The van der Waals surface area contributed by atoms with Gasteiger partial charge in [-0.05, 0) is 74.2 Å². The van der Waals surface area contributed by atoms with Crippen LogP contribution >= 0.6 is 0 Å². The standard InChI is InChI=1S/C24H32O5/c1-21-11-12-24(28-13-14-29-24)15-16(21)3-4-17-18(21)5-8-22(2)19(17)6-9-23(22,27)10-7-20(25)26/h15,17-19,27H,3-6,8-9,11-14H2,1-2H3,(H,25,26)/t17?,18?,19?,21-,22-,23+/m0/s1. The zero-order chi connectivity index (χ0) is 20.5. The third kappa shape index (κ3) is 2.69. The van der Waals surface area contributed by atoms with Gasteiger partial charge in [0.1, 0.15) is 5.60 Å². The lowest BCUT2D eigenvalue weighted by atomic mass is 9.46. The maximum Gasteiger partial charge on any atom is 0.382 e. The van der Waals surface area contributed by atoms with Gasteiger partial charge in [0.05, 0.1) is 13.2 Å². The first kappa shape index (κ1) is 19.6. The van der Waals surface area contributed by atoms with Gasteiger partial charge < -0.3 is 19.7 Å². The molecule has 5 rings (SSSR count). The average molecular weight is 401 g/mol. The van der Waals surface area contributed by atoms with E-state index >= 15 is 0 Å². The Morgan fingerprint density at radius 1 is 1.07 bits per heavy atom. The highest BCUT2D eigenvalue weighted by Crippen LogP contribution is 2.68. The Labute approximate surface area is 172 Å². The molecule has 29 heavy (non-hydrogen) atoms. The molecule has 0 aromatic rings. The molecule has 5 heteroatoms. The summed E-state index contributed by atoms with van der Waals surface area (Å²) >= 11 is 0. The van der Waals surface area contributed by atoms with Gasteiger partial charge in [-0.1, -0.05) is 25.3 Å². The van der Waals surface area contributed by atoms with E-state index in [0.717, 1.165) is 44.9 Å². The molecule has 1 heterocycles. The van der Waals surface area contributed by atoms with Crippen molar-refractivity contribution in [2.45, 2.75) is 76.6 Å². The number of carboxylic acids is 1. The number of carbonyl (C=O) groups is 1. The van der Waals surface area contributed by atoms with Crippen LogP contribution in [0.25, 0.3) is 0 Å². The molecule has 1 spiro atoms. The molecule has 6 atom stereocenters. The average Bonchev–Trinajstić information content (AvgIpc) is 3.24. The van der Waals surface area contributed by atoms with Crippen LogP contribution in [0, 0.1) is 40.4 Å². The van der Waals surface area contributed by atoms with Crippen molar-refractivity contribution in [2.24, 2.45) is 28.6 Å². The van der Waals surface area contributed by atoms with Crippen molar-refractivity contribution in [1.29, 1.82) is 0 Å². The maximum absolute atomic E-state index is 11.3. The molecule has 158 valence electrons. The fourth-order valence-electron chi connectivity index (χ4n) is 7.76. The zero-order valence-electron chi connectivity index (χ0n) is 17.5. The van der Waals surface area contributed by atoms with E-state index in [1.54, 1.807) is 0 Å². The number of ether oxygens (including phenoxy) is 2. The summed E-state index contributed by atoms with van der Waals surface area (Å²) < 4.78 is 12.0. The Hall–Kier alpha value is -1.35. The highest BCUT2D eigenvalue weighted by Gasteiger charge is 2.64. The van der Waals surface area contributed by atoms with Crippen LogP contribution < -0.4 is 0 Å². The van der Waals surface area contributed by atoms with Gasteiger partial charge in [-0.3, -0.25) is 0 Å². The monoisotopic (exact) mass is 400 g/mol. The van der Waals surface area contributed by atoms with Gasteiger partial charge in [0.2, 0.25) is 0 Å². The van der Waals surface area contributed by atoms with Gasteiger partial charge in [0, 0.05) is 17.8 Å².